The van der Waals surface area contributed by atoms with Crippen LogP contribution >= 0.6 is 15.9 Å². The smallest absolute Gasteiger partial charge is 0.278 e. The van der Waals surface area contributed by atoms with Gasteiger partial charge in [-0.05, 0) is 33.5 Å². The van der Waals surface area contributed by atoms with E-state index in [4.69, 9.17) is 4.42 Å². The number of amides is 1. The molecule has 0 radical (unpaired) electrons. The molecule has 4 aromatic rings. The topological polar surface area (TPSA) is 85.8 Å². The Kier molecular flexibility index (Phi) is 4.96. The number of rotatable bonds is 4. The lowest BCUT2D eigenvalue weighted by Gasteiger charge is -2.18. The quantitative estimate of drug-likeness (QED) is 0.461. The van der Waals surface area contributed by atoms with E-state index in [9.17, 15) is 4.79 Å². The van der Waals surface area contributed by atoms with Crippen LogP contribution < -0.4 is 5.32 Å². The van der Waals surface area contributed by atoms with E-state index in [1.807, 2.05) is 47.1 Å². The summed E-state index contributed by atoms with van der Waals surface area (Å²) in [7, 11) is 0. The zero-order chi connectivity index (χ0) is 20.6. The lowest BCUT2D eigenvalue weighted by Crippen LogP contribution is -2.16. The number of carbonyl (C=O) groups is 1. The number of nitrogens with zero attached hydrogens (tertiary/aromatic N) is 4. The van der Waals surface area contributed by atoms with Gasteiger partial charge >= 0.3 is 0 Å². The van der Waals surface area contributed by atoms with Crippen molar-refractivity contribution in [2.45, 2.75) is 27.3 Å². The number of fused-ring (bicyclic) bond motifs is 1. The van der Waals surface area contributed by atoms with E-state index in [-0.39, 0.29) is 17.0 Å². The molecule has 0 unspecified atom stereocenters. The first kappa shape index (κ1) is 19.3. The highest BCUT2D eigenvalue weighted by Crippen LogP contribution is 2.32. The highest BCUT2D eigenvalue weighted by molar-refractivity contribution is 9.10. The van der Waals surface area contributed by atoms with E-state index in [0.29, 0.717) is 21.4 Å². The van der Waals surface area contributed by atoms with Crippen molar-refractivity contribution in [2.24, 2.45) is 5.41 Å². The predicted molar refractivity (Wildman–Crippen MR) is 115 cm³/mol. The van der Waals surface area contributed by atoms with Crippen LogP contribution in [-0.2, 0) is 6.54 Å². The molecule has 0 bridgehead atoms. The molecular formula is C21H20BrN5O2. The van der Waals surface area contributed by atoms with E-state index in [1.165, 1.54) is 6.39 Å². The van der Waals surface area contributed by atoms with Gasteiger partial charge in [0.2, 0.25) is 0 Å². The fraction of sp³-hybridized carbons (Fsp3) is 0.238. The third kappa shape index (κ3) is 3.93. The van der Waals surface area contributed by atoms with Crippen molar-refractivity contribution in [3.05, 3.63) is 59.0 Å². The standard InChI is InChI=1S/C21H20BrN5O2/c1-21(2,3)11-27-15-10-9-14(16(22)17(15)25-26-27)24-20(28)18-19(29-12-23-18)13-7-5-4-6-8-13/h4-10,12H,11H2,1-3H3,(H,24,28). The maximum absolute atomic E-state index is 12.9. The number of anilines is 1. The Morgan fingerprint density at radius 3 is 2.66 bits per heavy atom. The van der Waals surface area contributed by atoms with Crippen molar-refractivity contribution < 1.29 is 9.21 Å². The van der Waals surface area contributed by atoms with Gasteiger partial charge in [-0.15, -0.1) is 5.10 Å². The zero-order valence-electron chi connectivity index (χ0n) is 16.3. The van der Waals surface area contributed by atoms with E-state index < -0.39 is 0 Å². The highest BCUT2D eigenvalue weighted by Gasteiger charge is 2.21. The van der Waals surface area contributed by atoms with Gasteiger partial charge in [0.15, 0.2) is 17.8 Å². The first-order valence-corrected chi connectivity index (χ1v) is 9.95. The molecular weight excluding hydrogens is 434 g/mol. The van der Waals surface area contributed by atoms with Gasteiger partial charge in [0, 0.05) is 12.1 Å². The van der Waals surface area contributed by atoms with Gasteiger partial charge in [-0.1, -0.05) is 56.3 Å². The van der Waals surface area contributed by atoms with E-state index in [2.05, 4.69) is 57.3 Å². The predicted octanol–water partition coefficient (Wildman–Crippen LogP) is 5.15. The molecule has 29 heavy (non-hydrogen) atoms. The molecule has 0 atom stereocenters. The summed E-state index contributed by atoms with van der Waals surface area (Å²) in [5.74, 6) is 0.0659. The largest absolute Gasteiger partial charge is 0.443 e. The molecule has 0 fully saturated rings. The number of oxazole rings is 1. The molecule has 0 aliphatic carbocycles. The number of halogens is 1. The first-order valence-electron chi connectivity index (χ1n) is 9.15. The first-order chi connectivity index (χ1) is 13.8. The Labute approximate surface area is 176 Å². The number of hydrogen-bond donors (Lipinski definition) is 1. The Bertz CT molecular complexity index is 1170. The van der Waals surface area contributed by atoms with Crippen molar-refractivity contribution in [3.63, 3.8) is 0 Å². The number of carbonyl (C=O) groups excluding carboxylic acids is 1. The van der Waals surface area contributed by atoms with E-state index in [0.717, 1.165) is 17.6 Å². The summed E-state index contributed by atoms with van der Waals surface area (Å²) >= 11 is 3.56. The Hall–Kier alpha value is -3.00. The lowest BCUT2D eigenvalue weighted by atomic mass is 9.97. The number of aromatic nitrogens is 4. The minimum atomic E-state index is -0.361. The second-order valence-corrected chi connectivity index (χ2v) is 8.75. The molecule has 0 aliphatic rings. The van der Waals surface area contributed by atoms with Gasteiger partial charge in [0.1, 0.15) is 5.52 Å². The summed E-state index contributed by atoms with van der Waals surface area (Å²) in [6, 6.07) is 13.1. The summed E-state index contributed by atoms with van der Waals surface area (Å²) in [6.45, 7) is 7.17. The van der Waals surface area contributed by atoms with Crippen LogP contribution in [0.4, 0.5) is 5.69 Å². The van der Waals surface area contributed by atoms with Crippen molar-refractivity contribution >= 4 is 38.6 Å². The monoisotopic (exact) mass is 453 g/mol. The summed E-state index contributed by atoms with van der Waals surface area (Å²) in [6.07, 6.45) is 1.27. The molecule has 7 nitrogen and oxygen atoms in total. The molecule has 8 heteroatoms. The molecule has 4 rings (SSSR count). The maximum atomic E-state index is 12.9. The van der Waals surface area contributed by atoms with E-state index in [1.54, 1.807) is 0 Å². The summed E-state index contributed by atoms with van der Waals surface area (Å²) in [5.41, 5.74) is 3.26. The third-order valence-electron chi connectivity index (χ3n) is 4.32. The van der Waals surface area contributed by atoms with Crippen LogP contribution in [0.5, 0.6) is 0 Å². The molecule has 2 aromatic carbocycles. The van der Waals surface area contributed by atoms with Gasteiger partial charge in [-0.25, -0.2) is 9.67 Å². The highest BCUT2D eigenvalue weighted by atomic mass is 79.9. The summed E-state index contributed by atoms with van der Waals surface area (Å²) in [4.78, 5) is 17.0. The van der Waals surface area contributed by atoms with Gasteiger partial charge in [-0.2, -0.15) is 0 Å². The molecule has 2 aromatic heterocycles. The molecule has 0 aliphatic heterocycles. The molecule has 1 N–H and O–H groups in total. The van der Waals surface area contributed by atoms with Crippen molar-refractivity contribution in [1.82, 2.24) is 20.0 Å². The van der Waals surface area contributed by atoms with E-state index >= 15 is 0 Å². The number of nitrogens with one attached hydrogen (secondary N) is 1. The summed E-state index contributed by atoms with van der Waals surface area (Å²) in [5, 5.41) is 11.4. The van der Waals surface area contributed by atoms with Crippen LogP contribution in [0.3, 0.4) is 0 Å². The van der Waals surface area contributed by atoms with Crippen LogP contribution in [0.15, 0.2) is 57.7 Å². The van der Waals surface area contributed by atoms with Crippen molar-refractivity contribution in [2.75, 3.05) is 5.32 Å². The lowest BCUT2D eigenvalue weighted by molar-refractivity contribution is 0.102. The normalized spacial score (nSPS) is 11.7. The molecule has 0 saturated carbocycles. The van der Waals surface area contributed by atoms with Gasteiger partial charge in [0.05, 0.1) is 15.7 Å². The maximum Gasteiger partial charge on any atom is 0.278 e. The second-order valence-electron chi connectivity index (χ2n) is 7.95. The fourth-order valence-electron chi connectivity index (χ4n) is 3.05. The SMILES string of the molecule is CC(C)(C)Cn1nnc2c(Br)c(NC(=O)c3ncoc3-c3ccccc3)ccc21. The molecule has 148 valence electrons. The minimum Gasteiger partial charge on any atom is -0.443 e. The van der Waals surface area contributed by atoms with Crippen molar-refractivity contribution in [3.8, 4) is 11.3 Å². The van der Waals surface area contributed by atoms with Crippen LogP contribution in [-0.4, -0.2) is 25.9 Å². The van der Waals surface area contributed by atoms with Crippen molar-refractivity contribution in [1.29, 1.82) is 0 Å². The minimum absolute atomic E-state index is 0.0702. The summed E-state index contributed by atoms with van der Waals surface area (Å²) < 4.78 is 8.00. The molecule has 1 amide bonds. The fourth-order valence-corrected chi connectivity index (χ4v) is 3.56. The van der Waals surface area contributed by atoms with Crippen LogP contribution in [0.25, 0.3) is 22.4 Å². The second kappa shape index (κ2) is 7.44. The van der Waals surface area contributed by atoms with Gasteiger partial charge in [-0.3, -0.25) is 4.79 Å². The van der Waals surface area contributed by atoms with Gasteiger partial charge in [0.25, 0.3) is 5.91 Å². The van der Waals surface area contributed by atoms with Crippen LogP contribution in [0.2, 0.25) is 0 Å². The average Bonchev–Trinajstić information content (AvgIpc) is 3.31. The zero-order valence-corrected chi connectivity index (χ0v) is 17.9. The Balaban J connectivity index is 1.63. The molecule has 2 heterocycles. The van der Waals surface area contributed by atoms with Gasteiger partial charge < -0.3 is 9.73 Å². The third-order valence-corrected chi connectivity index (χ3v) is 5.12. The number of hydrogen-bond acceptors (Lipinski definition) is 5. The number of benzene rings is 2. The molecule has 0 saturated heterocycles. The average molecular weight is 454 g/mol. The molecule has 0 spiro atoms. The Morgan fingerprint density at radius 2 is 1.93 bits per heavy atom. The Morgan fingerprint density at radius 1 is 1.17 bits per heavy atom. The van der Waals surface area contributed by atoms with Crippen LogP contribution in [0.1, 0.15) is 31.3 Å². The van der Waals surface area contributed by atoms with Crippen LogP contribution in [0, 0.1) is 5.41 Å².